The van der Waals surface area contributed by atoms with E-state index in [1.165, 1.54) is 0 Å². The summed E-state index contributed by atoms with van der Waals surface area (Å²) in [6.45, 7) is 7.55. The first-order valence-corrected chi connectivity index (χ1v) is 5.24. The van der Waals surface area contributed by atoms with Gasteiger partial charge in [0.1, 0.15) is 0 Å². The van der Waals surface area contributed by atoms with Crippen LogP contribution >= 0.6 is 0 Å². The first kappa shape index (κ1) is 13.8. The maximum Gasteiger partial charge on any atom is 0.160 e. The highest BCUT2D eigenvalue weighted by Crippen LogP contribution is 2.07. The van der Waals surface area contributed by atoms with Crippen molar-refractivity contribution in [3.8, 4) is 0 Å². The van der Waals surface area contributed by atoms with Crippen LogP contribution in [0.25, 0.3) is 0 Å². The van der Waals surface area contributed by atoms with E-state index in [0.717, 1.165) is 0 Å². The summed E-state index contributed by atoms with van der Waals surface area (Å²) in [5.41, 5.74) is 0. The minimum atomic E-state index is -0.270. The van der Waals surface area contributed by atoms with Gasteiger partial charge in [0.05, 0.1) is 12.7 Å². The van der Waals surface area contributed by atoms with E-state index in [9.17, 15) is 0 Å². The molecule has 1 unspecified atom stereocenters. The van der Waals surface area contributed by atoms with Gasteiger partial charge >= 0.3 is 0 Å². The number of aliphatic hydroxyl groups is 1. The Morgan fingerprint density at radius 2 is 1.43 bits per heavy atom. The molecule has 14 heavy (non-hydrogen) atoms. The van der Waals surface area contributed by atoms with E-state index in [0.29, 0.717) is 26.2 Å². The van der Waals surface area contributed by atoms with Gasteiger partial charge in [-0.25, -0.2) is 0 Å². The molecule has 0 heterocycles. The molecule has 0 aromatic carbocycles. The summed E-state index contributed by atoms with van der Waals surface area (Å²) >= 11 is 0. The number of ether oxygens (including phenoxy) is 3. The molecule has 0 bridgehead atoms. The Balaban J connectivity index is 3.83. The van der Waals surface area contributed by atoms with E-state index >= 15 is 0 Å². The Kier molecular flexibility index (Phi) is 9.29. The van der Waals surface area contributed by atoms with Gasteiger partial charge in [0.15, 0.2) is 6.29 Å². The van der Waals surface area contributed by atoms with E-state index in [2.05, 4.69) is 0 Å². The molecule has 0 spiro atoms. The number of aliphatic hydroxyl groups excluding tert-OH is 1. The first-order valence-electron chi connectivity index (χ1n) is 5.24. The summed E-state index contributed by atoms with van der Waals surface area (Å²) in [5, 5.41) is 9.01. The lowest BCUT2D eigenvalue weighted by molar-refractivity contribution is -0.160. The van der Waals surface area contributed by atoms with E-state index in [1.807, 2.05) is 20.8 Å². The van der Waals surface area contributed by atoms with Gasteiger partial charge in [-0.3, -0.25) is 0 Å². The molecular weight excluding hydrogens is 184 g/mol. The van der Waals surface area contributed by atoms with Crippen LogP contribution in [0.1, 0.15) is 27.2 Å². The quantitative estimate of drug-likeness (QED) is 0.575. The fourth-order valence-electron chi connectivity index (χ4n) is 1.20. The number of hydrogen-bond donors (Lipinski definition) is 1. The van der Waals surface area contributed by atoms with Crippen molar-refractivity contribution < 1.29 is 19.3 Å². The Morgan fingerprint density at radius 1 is 0.929 bits per heavy atom. The molecule has 0 aromatic rings. The van der Waals surface area contributed by atoms with Crippen molar-refractivity contribution in [3.63, 3.8) is 0 Å². The van der Waals surface area contributed by atoms with Gasteiger partial charge in [0.25, 0.3) is 0 Å². The second-order valence-electron chi connectivity index (χ2n) is 2.84. The zero-order valence-corrected chi connectivity index (χ0v) is 9.36. The Labute approximate surface area is 86.2 Å². The third-order valence-electron chi connectivity index (χ3n) is 1.77. The molecule has 0 aliphatic carbocycles. The van der Waals surface area contributed by atoms with Crippen LogP contribution in [0.5, 0.6) is 0 Å². The van der Waals surface area contributed by atoms with Gasteiger partial charge in [0.2, 0.25) is 0 Å². The van der Waals surface area contributed by atoms with Crippen molar-refractivity contribution in [2.45, 2.75) is 39.6 Å². The third-order valence-corrected chi connectivity index (χ3v) is 1.77. The maximum atomic E-state index is 9.01. The summed E-state index contributed by atoms with van der Waals surface area (Å²) < 4.78 is 16.0. The normalized spacial score (nSPS) is 13.5. The Morgan fingerprint density at radius 3 is 1.79 bits per heavy atom. The highest BCUT2D eigenvalue weighted by molar-refractivity contribution is 4.59. The lowest BCUT2D eigenvalue weighted by Crippen LogP contribution is -2.28. The van der Waals surface area contributed by atoms with E-state index in [1.54, 1.807) is 0 Å². The van der Waals surface area contributed by atoms with Gasteiger partial charge < -0.3 is 19.3 Å². The van der Waals surface area contributed by atoms with Crippen molar-refractivity contribution in [1.82, 2.24) is 0 Å². The third kappa shape index (κ3) is 6.32. The van der Waals surface area contributed by atoms with Crippen LogP contribution < -0.4 is 0 Å². The van der Waals surface area contributed by atoms with Crippen LogP contribution in [-0.2, 0) is 14.2 Å². The predicted octanol–water partition coefficient (Wildman–Crippen LogP) is 1.17. The average Bonchev–Trinajstić information content (AvgIpc) is 2.18. The molecule has 4 heteroatoms. The molecule has 86 valence electrons. The summed E-state index contributed by atoms with van der Waals surface area (Å²) in [4.78, 5) is 0. The summed E-state index contributed by atoms with van der Waals surface area (Å²) in [5.74, 6) is 0. The van der Waals surface area contributed by atoms with Crippen molar-refractivity contribution in [1.29, 1.82) is 0 Å². The SMILES string of the molecule is CCOC(CO)CC(OCC)OCC. The molecule has 0 aromatic heterocycles. The van der Waals surface area contributed by atoms with Gasteiger partial charge in [0, 0.05) is 26.2 Å². The molecule has 0 aliphatic heterocycles. The predicted molar refractivity (Wildman–Crippen MR) is 54.2 cm³/mol. The van der Waals surface area contributed by atoms with Crippen LogP contribution in [0.3, 0.4) is 0 Å². The Bertz CT molecular complexity index is 113. The molecule has 1 N–H and O–H groups in total. The van der Waals surface area contributed by atoms with E-state index in [-0.39, 0.29) is 19.0 Å². The molecule has 0 radical (unpaired) electrons. The summed E-state index contributed by atoms with van der Waals surface area (Å²) in [6, 6.07) is 0. The van der Waals surface area contributed by atoms with E-state index in [4.69, 9.17) is 19.3 Å². The maximum absolute atomic E-state index is 9.01. The van der Waals surface area contributed by atoms with Gasteiger partial charge in [-0.05, 0) is 20.8 Å². The van der Waals surface area contributed by atoms with Crippen LogP contribution in [0, 0.1) is 0 Å². The van der Waals surface area contributed by atoms with Crippen LogP contribution in [0.4, 0.5) is 0 Å². The molecule has 0 rings (SSSR count). The average molecular weight is 206 g/mol. The summed E-state index contributed by atoms with van der Waals surface area (Å²) in [6.07, 6.45) is 0.114. The number of hydrogen-bond acceptors (Lipinski definition) is 4. The standard InChI is InChI=1S/C10H22O4/c1-4-12-9(8-11)7-10(13-5-2)14-6-3/h9-11H,4-8H2,1-3H3. The first-order chi connectivity index (χ1) is 6.78. The smallest absolute Gasteiger partial charge is 0.160 e. The minimum Gasteiger partial charge on any atom is -0.394 e. The van der Waals surface area contributed by atoms with Gasteiger partial charge in [-0.1, -0.05) is 0 Å². The largest absolute Gasteiger partial charge is 0.394 e. The molecule has 4 nitrogen and oxygen atoms in total. The van der Waals surface area contributed by atoms with Gasteiger partial charge in [-0.2, -0.15) is 0 Å². The Hall–Kier alpha value is -0.160. The minimum absolute atomic E-state index is 0.00445. The molecule has 0 saturated carbocycles. The molecule has 0 amide bonds. The second kappa shape index (κ2) is 9.40. The molecule has 0 aliphatic rings. The highest BCUT2D eigenvalue weighted by Gasteiger charge is 2.16. The fourth-order valence-corrected chi connectivity index (χ4v) is 1.20. The molecule has 0 saturated heterocycles. The van der Waals surface area contributed by atoms with Crippen molar-refractivity contribution in [3.05, 3.63) is 0 Å². The topological polar surface area (TPSA) is 47.9 Å². The van der Waals surface area contributed by atoms with Crippen molar-refractivity contribution >= 4 is 0 Å². The highest BCUT2D eigenvalue weighted by atomic mass is 16.7. The lowest BCUT2D eigenvalue weighted by Gasteiger charge is -2.21. The van der Waals surface area contributed by atoms with Crippen LogP contribution in [-0.4, -0.2) is 43.9 Å². The lowest BCUT2D eigenvalue weighted by atomic mass is 10.2. The second-order valence-corrected chi connectivity index (χ2v) is 2.84. The van der Waals surface area contributed by atoms with Crippen LogP contribution in [0.2, 0.25) is 0 Å². The number of rotatable bonds is 9. The van der Waals surface area contributed by atoms with Crippen LogP contribution in [0.15, 0.2) is 0 Å². The molecule has 1 atom stereocenters. The zero-order chi connectivity index (χ0) is 10.8. The monoisotopic (exact) mass is 206 g/mol. The van der Waals surface area contributed by atoms with Gasteiger partial charge in [-0.15, -0.1) is 0 Å². The van der Waals surface area contributed by atoms with E-state index < -0.39 is 0 Å². The van der Waals surface area contributed by atoms with Crippen molar-refractivity contribution in [2.24, 2.45) is 0 Å². The van der Waals surface area contributed by atoms with Crippen molar-refractivity contribution in [2.75, 3.05) is 26.4 Å². The molecular formula is C10H22O4. The summed E-state index contributed by atoms with van der Waals surface area (Å²) in [7, 11) is 0. The zero-order valence-electron chi connectivity index (χ0n) is 9.36. The molecule has 0 fully saturated rings. The fraction of sp³-hybridized carbons (Fsp3) is 1.00.